The first-order valence-corrected chi connectivity index (χ1v) is 9.60. The molecule has 1 aliphatic rings. The number of aromatic nitrogens is 1. The predicted molar refractivity (Wildman–Crippen MR) is 108 cm³/mol. The Balaban J connectivity index is 2.00. The lowest BCUT2D eigenvalue weighted by molar-refractivity contribution is -0.00724. The smallest absolute Gasteiger partial charge is 0.166 e. The molecule has 0 aliphatic carbocycles. The van der Waals surface area contributed by atoms with Crippen LogP contribution >= 0.6 is 11.6 Å². The van der Waals surface area contributed by atoms with Gasteiger partial charge in [-0.05, 0) is 30.3 Å². The standard InChI is InChI=1S/C22H21ClFNO4/c1-27-19-7-3-5-14(22(19)28-2)21-15-11-13(23)12-16(24)20(15)25-9-4-6-17(25)18(29-21)8-10-26/h3-7,9,11-12,18,21,26H,8,10H2,1-2H3/t18-,21-/m1/s1. The van der Waals surface area contributed by atoms with Crippen LogP contribution in [0.25, 0.3) is 5.69 Å². The number of hydrogen-bond acceptors (Lipinski definition) is 4. The van der Waals surface area contributed by atoms with Gasteiger partial charge in [-0.3, -0.25) is 0 Å². The van der Waals surface area contributed by atoms with Crippen LogP contribution in [0, 0.1) is 5.82 Å². The Hall–Kier alpha value is -2.54. The summed E-state index contributed by atoms with van der Waals surface area (Å²) in [6.45, 7) is -0.0720. The van der Waals surface area contributed by atoms with Crippen molar-refractivity contribution in [2.24, 2.45) is 0 Å². The highest BCUT2D eigenvalue weighted by atomic mass is 35.5. The van der Waals surface area contributed by atoms with Gasteiger partial charge in [0.05, 0.1) is 25.6 Å². The molecule has 29 heavy (non-hydrogen) atoms. The van der Waals surface area contributed by atoms with Crippen molar-refractivity contribution < 1.29 is 23.7 Å². The van der Waals surface area contributed by atoms with E-state index in [1.165, 1.54) is 6.07 Å². The average Bonchev–Trinajstić information content (AvgIpc) is 3.14. The van der Waals surface area contributed by atoms with Gasteiger partial charge in [-0.2, -0.15) is 0 Å². The zero-order chi connectivity index (χ0) is 20.5. The van der Waals surface area contributed by atoms with Crippen molar-refractivity contribution in [3.63, 3.8) is 0 Å². The minimum atomic E-state index is -0.681. The molecule has 0 amide bonds. The van der Waals surface area contributed by atoms with Crippen LogP contribution in [0.5, 0.6) is 11.5 Å². The van der Waals surface area contributed by atoms with Gasteiger partial charge in [0, 0.05) is 35.4 Å². The average molecular weight is 418 g/mol. The van der Waals surface area contributed by atoms with E-state index in [-0.39, 0.29) is 11.6 Å². The highest BCUT2D eigenvalue weighted by Gasteiger charge is 2.34. The molecule has 0 unspecified atom stereocenters. The molecule has 1 aromatic heterocycles. The maximum atomic E-state index is 15.1. The lowest BCUT2D eigenvalue weighted by atomic mass is 9.98. The first-order chi connectivity index (χ1) is 14.1. The van der Waals surface area contributed by atoms with E-state index >= 15 is 4.39 Å². The van der Waals surface area contributed by atoms with Gasteiger partial charge in [-0.1, -0.05) is 23.7 Å². The fraction of sp³-hybridized carbons (Fsp3) is 0.273. The second-order valence-corrected chi connectivity index (χ2v) is 7.16. The number of fused-ring (bicyclic) bond motifs is 3. The molecule has 1 aliphatic heterocycles. The van der Waals surface area contributed by atoms with Crippen LogP contribution in [-0.2, 0) is 4.74 Å². The number of halogens is 2. The highest BCUT2D eigenvalue weighted by molar-refractivity contribution is 6.30. The van der Waals surface area contributed by atoms with E-state index in [0.29, 0.717) is 34.7 Å². The van der Waals surface area contributed by atoms with E-state index in [2.05, 4.69) is 0 Å². The summed E-state index contributed by atoms with van der Waals surface area (Å²) in [6, 6.07) is 12.1. The van der Waals surface area contributed by atoms with Gasteiger partial charge in [-0.25, -0.2) is 4.39 Å². The van der Waals surface area contributed by atoms with Crippen LogP contribution in [0.2, 0.25) is 5.02 Å². The van der Waals surface area contributed by atoms with Crippen LogP contribution in [0.1, 0.15) is 35.4 Å². The van der Waals surface area contributed by atoms with Gasteiger partial charge in [0.25, 0.3) is 0 Å². The van der Waals surface area contributed by atoms with E-state index in [0.717, 1.165) is 5.69 Å². The Morgan fingerprint density at radius 3 is 2.69 bits per heavy atom. The molecular weight excluding hydrogens is 397 g/mol. The Bertz CT molecular complexity index is 1040. The lowest BCUT2D eigenvalue weighted by Crippen LogP contribution is -2.13. The monoisotopic (exact) mass is 417 g/mol. The van der Waals surface area contributed by atoms with Crippen LogP contribution in [0.4, 0.5) is 4.39 Å². The number of aliphatic hydroxyl groups is 1. The molecule has 5 nitrogen and oxygen atoms in total. The van der Waals surface area contributed by atoms with Crippen molar-refractivity contribution in [2.75, 3.05) is 20.8 Å². The third-order valence-corrected chi connectivity index (χ3v) is 5.32. The van der Waals surface area contributed by atoms with Gasteiger partial charge in [0.15, 0.2) is 11.5 Å². The molecule has 2 heterocycles. The van der Waals surface area contributed by atoms with Crippen molar-refractivity contribution in [3.05, 3.63) is 76.3 Å². The largest absolute Gasteiger partial charge is 0.493 e. The fourth-order valence-corrected chi connectivity index (χ4v) is 4.11. The Morgan fingerprint density at radius 2 is 1.97 bits per heavy atom. The summed E-state index contributed by atoms with van der Waals surface area (Å²) in [5, 5.41) is 9.87. The second-order valence-electron chi connectivity index (χ2n) is 6.73. The van der Waals surface area contributed by atoms with E-state index in [4.69, 9.17) is 25.8 Å². The minimum absolute atomic E-state index is 0.0720. The van der Waals surface area contributed by atoms with Crippen LogP contribution in [-0.4, -0.2) is 30.5 Å². The van der Waals surface area contributed by atoms with Crippen LogP contribution < -0.4 is 9.47 Å². The molecule has 0 fully saturated rings. The highest BCUT2D eigenvalue weighted by Crippen LogP contribution is 2.46. The zero-order valence-corrected chi connectivity index (χ0v) is 16.8. The summed E-state index contributed by atoms with van der Waals surface area (Å²) in [5.74, 6) is 0.589. The molecule has 2 aromatic carbocycles. The second kappa shape index (κ2) is 8.06. The predicted octanol–water partition coefficient (Wildman–Crippen LogP) is 4.83. The van der Waals surface area contributed by atoms with E-state index < -0.39 is 18.0 Å². The maximum absolute atomic E-state index is 15.1. The topological polar surface area (TPSA) is 52.8 Å². The minimum Gasteiger partial charge on any atom is -0.493 e. The number of para-hydroxylation sites is 1. The quantitative estimate of drug-likeness (QED) is 0.646. The van der Waals surface area contributed by atoms with Crippen molar-refractivity contribution in [3.8, 4) is 17.2 Å². The van der Waals surface area contributed by atoms with Crippen molar-refractivity contribution in [2.45, 2.75) is 18.6 Å². The molecule has 4 rings (SSSR count). The number of aliphatic hydroxyl groups excluding tert-OH is 1. The summed E-state index contributed by atoms with van der Waals surface area (Å²) in [6.07, 6.45) is 1.00. The molecule has 2 atom stereocenters. The molecule has 152 valence electrons. The molecule has 0 spiro atoms. The maximum Gasteiger partial charge on any atom is 0.166 e. The molecular formula is C22H21ClFNO4. The first-order valence-electron chi connectivity index (χ1n) is 9.22. The third kappa shape index (κ3) is 3.37. The number of methoxy groups -OCH3 is 2. The van der Waals surface area contributed by atoms with Crippen molar-refractivity contribution >= 4 is 11.6 Å². The van der Waals surface area contributed by atoms with Gasteiger partial charge in [-0.15, -0.1) is 0 Å². The third-order valence-electron chi connectivity index (χ3n) is 5.10. The van der Waals surface area contributed by atoms with E-state index in [9.17, 15) is 5.11 Å². The molecule has 7 heteroatoms. The van der Waals surface area contributed by atoms with Gasteiger partial charge in [0.2, 0.25) is 0 Å². The Labute approximate surface area is 173 Å². The summed E-state index contributed by atoms with van der Waals surface area (Å²) in [4.78, 5) is 0. The summed E-state index contributed by atoms with van der Waals surface area (Å²) in [5.41, 5.74) is 2.37. The first kappa shape index (κ1) is 19.8. The lowest BCUT2D eigenvalue weighted by Gasteiger charge is -2.25. The Morgan fingerprint density at radius 1 is 1.14 bits per heavy atom. The summed E-state index contributed by atoms with van der Waals surface area (Å²) >= 11 is 6.22. The van der Waals surface area contributed by atoms with Crippen LogP contribution in [0.15, 0.2) is 48.7 Å². The van der Waals surface area contributed by atoms with E-state index in [1.807, 2.05) is 24.3 Å². The van der Waals surface area contributed by atoms with Crippen molar-refractivity contribution in [1.82, 2.24) is 4.57 Å². The van der Waals surface area contributed by atoms with Gasteiger partial charge < -0.3 is 23.9 Å². The number of hydrogen-bond donors (Lipinski definition) is 1. The number of ether oxygens (including phenoxy) is 3. The Kier molecular flexibility index (Phi) is 5.50. The van der Waals surface area contributed by atoms with Crippen molar-refractivity contribution in [1.29, 1.82) is 0 Å². The SMILES string of the molecule is COc1cccc([C@H]2O[C@H](CCO)c3cccn3-c3c(F)cc(Cl)cc32)c1OC. The molecule has 0 saturated carbocycles. The van der Waals surface area contributed by atoms with Crippen LogP contribution in [0.3, 0.4) is 0 Å². The molecule has 0 bridgehead atoms. The number of nitrogens with zero attached hydrogens (tertiary/aromatic N) is 1. The molecule has 0 radical (unpaired) electrons. The van der Waals surface area contributed by atoms with Gasteiger partial charge >= 0.3 is 0 Å². The summed E-state index contributed by atoms with van der Waals surface area (Å²) in [7, 11) is 3.10. The molecule has 1 N–H and O–H groups in total. The summed E-state index contributed by atoms with van der Waals surface area (Å²) < 4.78 is 34.4. The molecule has 0 saturated heterocycles. The molecule has 3 aromatic rings. The normalized spacial score (nSPS) is 18.0. The van der Waals surface area contributed by atoms with Gasteiger partial charge in [0.1, 0.15) is 18.0 Å². The number of benzene rings is 2. The van der Waals surface area contributed by atoms with E-state index in [1.54, 1.807) is 37.1 Å². The zero-order valence-electron chi connectivity index (χ0n) is 16.1. The number of rotatable bonds is 5. The fourth-order valence-electron chi connectivity index (χ4n) is 3.90.